The predicted octanol–water partition coefficient (Wildman–Crippen LogP) is 1.75. The monoisotopic (exact) mass is 435 g/mol. The first-order valence-corrected chi connectivity index (χ1v) is 12.1. The van der Waals surface area contributed by atoms with Gasteiger partial charge < -0.3 is 9.88 Å². The van der Waals surface area contributed by atoms with Gasteiger partial charge in [-0.1, -0.05) is 6.92 Å². The van der Waals surface area contributed by atoms with Crippen LogP contribution >= 0.6 is 0 Å². The van der Waals surface area contributed by atoms with E-state index >= 15 is 0 Å². The molecule has 2 aromatic rings. The van der Waals surface area contributed by atoms with Crippen LogP contribution in [0.25, 0.3) is 11.0 Å². The molecule has 0 spiro atoms. The SMILES string of the molecule is CC[C@@H](CNC(=O)CCc1nc2cc(S(=O)(=O)N(C)C)ccc2n1C)N1CCCC1. The van der Waals surface area contributed by atoms with E-state index < -0.39 is 10.0 Å². The van der Waals surface area contributed by atoms with Crippen molar-refractivity contribution in [3.63, 3.8) is 0 Å². The summed E-state index contributed by atoms with van der Waals surface area (Å²) in [5.74, 6) is 0.793. The number of hydrogen-bond donors (Lipinski definition) is 1. The summed E-state index contributed by atoms with van der Waals surface area (Å²) >= 11 is 0. The van der Waals surface area contributed by atoms with Crippen LogP contribution < -0.4 is 5.32 Å². The van der Waals surface area contributed by atoms with Gasteiger partial charge in [-0.25, -0.2) is 17.7 Å². The number of amides is 1. The second-order valence-electron chi connectivity index (χ2n) is 8.13. The lowest BCUT2D eigenvalue weighted by Gasteiger charge is -2.26. The van der Waals surface area contributed by atoms with E-state index in [0.29, 0.717) is 30.9 Å². The van der Waals surface area contributed by atoms with Crippen molar-refractivity contribution in [2.75, 3.05) is 33.7 Å². The Labute approximate surface area is 179 Å². The number of sulfonamides is 1. The van der Waals surface area contributed by atoms with Gasteiger partial charge in [0.05, 0.1) is 15.9 Å². The number of aryl methyl sites for hydroxylation is 2. The Kier molecular flexibility index (Phi) is 7.15. The number of carbonyl (C=O) groups is 1. The summed E-state index contributed by atoms with van der Waals surface area (Å²) in [6.07, 6.45) is 4.39. The number of fused-ring (bicyclic) bond motifs is 1. The molecule has 2 heterocycles. The minimum Gasteiger partial charge on any atom is -0.355 e. The minimum absolute atomic E-state index is 0.0237. The summed E-state index contributed by atoms with van der Waals surface area (Å²) in [4.78, 5) is 19.7. The largest absolute Gasteiger partial charge is 0.355 e. The molecular weight excluding hydrogens is 402 g/mol. The van der Waals surface area contributed by atoms with Gasteiger partial charge in [0, 0.05) is 46.6 Å². The van der Waals surface area contributed by atoms with Crippen LogP contribution in [0.3, 0.4) is 0 Å². The molecule has 1 aromatic heterocycles. The number of likely N-dealkylation sites (tertiary alicyclic amines) is 1. The summed E-state index contributed by atoms with van der Waals surface area (Å²) < 4.78 is 27.8. The van der Waals surface area contributed by atoms with Gasteiger partial charge in [-0.3, -0.25) is 9.69 Å². The number of imidazole rings is 1. The van der Waals surface area contributed by atoms with Crippen LogP contribution in [-0.4, -0.2) is 72.9 Å². The van der Waals surface area contributed by atoms with E-state index in [9.17, 15) is 13.2 Å². The van der Waals surface area contributed by atoms with Crippen molar-refractivity contribution < 1.29 is 13.2 Å². The fraction of sp³-hybridized carbons (Fsp3) is 0.619. The van der Waals surface area contributed by atoms with Gasteiger partial charge in [-0.05, 0) is 50.6 Å². The zero-order valence-electron chi connectivity index (χ0n) is 18.4. The van der Waals surface area contributed by atoms with Gasteiger partial charge in [0.2, 0.25) is 15.9 Å². The Bertz CT molecular complexity index is 993. The van der Waals surface area contributed by atoms with Gasteiger partial charge in [-0.2, -0.15) is 0 Å². The van der Waals surface area contributed by atoms with Crippen LogP contribution in [0.4, 0.5) is 0 Å². The first-order valence-electron chi connectivity index (χ1n) is 10.6. The molecule has 1 aliphatic heterocycles. The highest BCUT2D eigenvalue weighted by Gasteiger charge is 2.21. The molecule has 30 heavy (non-hydrogen) atoms. The molecule has 9 heteroatoms. The van der Waals surface area contributed by atoms with E-state index in [0.717, 1.165) is 30.9 Å². The van der Waals surface area contributed by atoms with Crippen LogP contribution in [0, 0.1) is 0 Å². The van der Waals surface area contributed by atoms with Crippen LogP contribution in [0.1, 0.15) is 38.4 Å². The molecule has 3 rings (SSSR count). The van der Waals surface area contributed by atoms with E-state index in [-0.39, 0.29) is 10.8 Å². The molecule has 0 unspecified atom stereocenters. The lowest BCUT2D eigenvalue weighted by atomic mass is 10.2. The molecule has 1 aromatic carbocycles. The molecule has 1 fully saturated rings. The van der Waals surface area contributed by atoms with Crippen LogP contribution in [0.2, 0.25) is 0 Å². The zero-order chi connectivity index (χ0) is 21.9. The third kappa shape index (κ3) is 4.84. The van der Waals surface area contributed by atoms with E-state index in [1.807, 2.05) is 11.6 Å². The molecule has 0 saturated carbocycles. The molecule has 0 aliphatic carbocycles. The smallest absolute Gasteiger partial charge is 0.242 e. The quantitative estimate of drug-likeness (QED) is 0.648. The average molecular weight is 436 g/mol. The number of benzene rings is 1. The van der Waals surface area contributed by atoms with Gasteiger partial charge in [-0.15, -0.1) is 0 Å². The molecule has 1 aliphatic rings. The Morgan fingerprint density at radius 2 is 1.97 bits per heavy atom. The van der Waals surface area contributed by atoms with Crippen molar-refractivity contribution in [3.8, 4) is 0 Å². The highest BCUT2D eigenvalue weighted by Crippen LogP contribution is 2.22. The Morgan fingerprint density at radius 3 is 2.60 bits per heavy atom. The van der Waals surface area contributed by atoms with Crippen molar-refractivity contribution in [1.29, 1.82) is 0 Å². The maximum Gasteiger partial charge on any atom is 0.242 e. The summed E-state index contributed by atoms with van der Waals surface area (Å²) in [5, 5.41) is 3.07. The van der Waals surface area contributed by atoms with Crippen LogP contribution in [-0.2, 0) is 28.3 Å². The molecule has 1 N–H and O–H groups in total. The molecule has 1 saturated heterocycles. The zero-order valence-corrected chi connectivity index (χ0v) is 19.2. The molecule has 0 radical (unpaired) electrons. The van der Waals surface area contributed by atoms with Gasteiger partial charge in [0.15, 0.2) is 0 Å². The third-order valence-corrected chi connectivity index (χ3v) is 7.77. The van der Waals surface area contributed by atoms with Crippen molar-refractivity contribution in [2.24, 2.45) is 7.05 Å². The second-order valence-corrected chi connectivity index (χ2v) is 10.3. The van der Waals surface area contributed by atoms with Gasteiger partial charge in [0.1, 0.15) is 5.82 Å². The molecule has 166 valence electrons. The van der Waals surface area contributed by atoms with Crippen molar-refractivity contribution >= 4 is 27.0 Å². The number of rotatable bonds is 9. The first-order chi connectivity index (χ1) is 14.2. The summed E-state index contributed by atoms with van der Waals surface area (Å²) in [6, 6.07) is 5.36. The number of nitrogens with one attached hydrogen (secondary N) is 1. The molecule has 8 nitrogen and oxygen atoms in total. The highest BCUT2D eigenvalue weighted by atomic mass is 32.2. The number of aromatic nitrogens is 2. The lowest BCUT2D eigenvalue weighted by molar-refractivity contribution is -0.121. The molecule has 0 bridgehead atoms. The van der Waals surface area contributed by atoms with Gasteiger partial charge >= 0.3 is 0 Å². The number of nitrogens with zero attached hydrogens (tertiary/aromatic N) is 4. The maximum absolute atomic E-state index is 12.4. The third-order valence-electron chi connectivity index (χ3n) is 5.96. The first kappa shape index (κ1) is 22.7. The fourth-order valence-corrected chi connectivity index (χ4v) is 4.93. The molecule has 1 atom stereocenters. The van der Waals surface area contributed by atoms with E-state index in [1.54, 1.807) is 18.2 Å². The lowest BCUT2D eigenvalue weighted by Crippen LogP contribution is -2.42. The number of hydrogen-bond acceptors (Lipinski definition) is 5. The molecule has 1 amide bonds. The second kappa shape index (κ2) is 9.45. The Balaban J connectivity index is 1.62. The van der Waals surface area contributed by atoms with E-state index in [4.69, 9.17) is 0 Å². The standard InChI is InChI=1S/C21H33N5O3S/c1-5-16(26-12-6-7-13-26)15-22-21(27)11-10-20-23-18-14-17(30(28,29)24(2)3)8-9-19(18)25(20)4/h8-9,14,16H,5-7,10-13,15H2,1-4H3,(H,22,27)/t16-/m0/s1. The summed E-state index contributed by atoms with van der Waals surface area (Å²) in [5.41, 5.74) is 1.47. The van der Waals surface area contributed by atoms with Crippen molar-refractivity contribution in [2.45, 2.75) is 50.0 Å². The summed E-state index contributed by atoms with van der Waals surface area (Å²) in [6.45, 7) is 5.10. The minimum atomic E-state index is -3.51. The van der Waals surface area contributed by atoms with Crippen molar-refractivity contribution in [3.05, 3.63) is 24.0 Å². The van der Waals surface area contributed by atoms with Gasteiger partial charge in [0.25, 0.3) is 0 Å². The predicted molar refractivity (Wildman–Crippen MR) is 118 cm³/mol. The Hall–Kier alpha value is -1.97. The average Bonchev–Trinajstić information content (AvgIpc) is 3.35. The van der Waals surface area contributed by atoms with E-state index in [2.05, 4.69) is 22.1 Å². The normalized spacial score (nSPS) is 16.4. The molecular formula is C21H33N5O3S. The maximum atomic E-state index is 12.4. The highest BCUT2D eigenvalue weighted by molar-refractivity contribution is 7.89. The van der Waals surface area contributed by atoms with Crippen LogP contribution in [0.5, 0.6) is 0 Å². The summed E-state index contributed by atoms with van der Waals surface area (Å²) in [7, 11) is 1.40. The number of carbonyl (C=O) groups excluding carboxylic acids is 1. The topological polar surface area (TPSA) is 87.5 Å². The van der Waals surface area contributed by atoms with E-state index in [1.165, 1.54) is 31.2 Å². The Morgan fingerprint density at radius 1 is 1.27 bits per heavy atom. The van der Waals surface area contributed by atoms with Crippen LogP contribution in [0.15, 0.2) is 23.1 Å². The van der Waals surface area contributed by atoms with Crippen molar-refractivity contribution in [1.82, 2.24) is 24.1 Å². The fourth-order valence-electron chi connectivity index (χ4n) is 4.01.